The van der Waals surface area contributed by atoms with Crippen LogP contribution in [0.4, 0.5) is 13.2 Å². The summed E-state index contributed by atoms with van der Waals surface area (Å²) in [6, 6.07) is 6.24. The minimum Gasteiger partial charge on any atom is -0.506 e. The lowest BCUT2D eigenvalue weighted by atomic mass is 10.1. The van der Waals surface area contributed by atoms with Gasteiger partial charge in [0.2, 0.25) is 0 Å². The number of halogens is 3. The van der Waals surface area contributed by atoms with E-state index in [2.05, 4.69) is 9.72 Å². The zero-order valence-electron chi connectivity index (χ0n) is 9.24. The lowest BCUT2D eigenvalue weighted by molar-refractivity contribution is -0.176. The number of phenolic OH excluding ortho intramolecular Hbond substituents is 1. The van der Waals surface area contributed by atoms with Gasteiger partial charge in [-0.05, 0) is 17.7 Å². The Kier molecular flexibility index (Phi) is 3.38. The fourth-order valence-electron chi connectivity index (χ4n) is 1.62. The molecule has 1 heterocycles. The van der Waals surface area contributed by atoms with Gasteiger partial charge in [-0.2, -0.15) is 13.2 Å². The molecule has 0 saturated carbocycles. The fraction of sp³-hybridized carbons (Fsp3) is 0.250. The molecule has 0 aliphatic rings. The molecule has 0 atom stereocenters. The molecule has 0 amide bonds. The summed E-state index contributed by atoms with van der Waals surface area (Å²) in [6.45, 7) is -1.47. The second-order valence-electron chi connectivity index (χ2n) is 3.75. The maximum absolute atomic E-state index is 12.0. The van der Waals surface area contributed by atoms with Crippen LogP contribution in [0, 0.1) is 0 Å². The lowest BCUT2D eigenvalue weighted by Crippen LogP contribution is -2.16. The summed E-state index contributed by atoms with van der Waals surface area (Å²) in [5.41, 5.74) is 0.908. The molecule has 0 radical (unpaired) electrons. The highest BCUT2D eigenvalue weighted by molar-refractivity contribution is 5.86. The third kappa shape index (κ3) is 2.89. The minimum atomic E-state index is -4.34. The Labute approximate surface area is 101 Å². The van der Waals surface area contributed by atoms with Crippen LogP contribution >= 0.6 is 0 Å². The number of alkyl halides is 3. The molecule has 96 valence electrons. The van der Waals surface area contributed by atoms with Crippen molar-refractivity contribution < 1.29 is 23.0 Å². The third-order valence-corrected chi connectivity index (χ3v) is 2.36. The number of fused-ring (bicyclic) bond motifs is 1. The van der Waals surface area contributed by atoms with Gasteiger partial charge in [0.25, 0.3) is 0 Å². The number of hydrogen-bond acceptors (Lipinski definition) is 3. The number of ether oxygens (including phenoxy) is 1. The van der Waals surface area contributed by atoms with Gasteiger partial charge in [0.1, 0.15) is 17.9 Å². The average molecular weight is 257 g/mol. The molecule has 1 N–H and O–H groups in total. The predicted octanol–water partition coefficient (Wildman–Crippen LogP) is 3.02. The van der Waals surface area contributed by atoms with Gasteiger partial charge in [-0.3, -0.25) is 4.98 Å². The molecule has 6 heteroatoms. The van der Waals surface area contributed by atoms with Crippen molar-refractivity contribution in [2.45, 2.75) is 12.8 Å². The van der Waals surface area contributed by atoms with E-state index in [1.54, 1.807) is 12.1 Å². The average Bonchev–Trinajstić information content (AvgIpc) is 2.31. The van der Waals surface area contributed by atoms with E-state index in [1.165, 1.54) is 18.3 Å². The maximum atomic E-state index is 12.0. The molecule has 1 aromatic carbocycles. The monoisotopic (exact) mass is 257 g/mol. The number of rotatable bonds is 3. The zero-order chi connectivity index (χ0) is 13.2. The Morgan fingerprint density at radius 3 is 2.72 bits per heavy atom. The molecule has 0 aliphatic heterocycles. The molecule has 0 spiro atoms. The minimum absolute atomic E-state index is 0.00910. The van der Waals surface area contributed by atoms with Gasteiger partial charge in [0.15, 0.2) is 0 Å². The van der Waals surface area contributed by atoms with Gasteiger partial charge < -0.3 is 9.84 Å². The first-order valence-electron chi connectivity index (χ1n) is 5.17. The van der Waals surface area contributed by atoms with Crippen LogP contribution in [0.3, 0.4) is 0 Å². The van der Waals surface area contributed by atoms with Crippen molar-refractivity contribution in [1.82, 2.24) is 4.98 Å². The number of benzene rings is 1. The molecule has 0 bridgehead atoms. The first kappa shape index (κ1) is 12.6. The van der Waals surface area contributed by atoms with E-state index >= 15 is 0 Å². The van der Waals surface area contributed by atoms with Crippen LogP contribution in [-0.4, -0.2) is 22.9 Å². The molecule has 0 fully saturated rings. The molecule has 0 aliphatic carbocycles. The van der Waals surface area contributed by atoms with Crippen LogP contribution in [0.5, 0.6) is 5.75 Å². The van der Waals surface area contributed by atoms with Crippen LogP contribution in [0.15, 0.2) is 30.5 Å². The molecule has 0 saturated heterocycles. The predicted molar refractivity (Wildman–Crippen MR) is 59.1 cm³/mol. The van der Waals surface area contributed by atoms with Crippen molar-refractivity contribution in [2.24, 2.45) is 0 Å². The number of nitrogens with zero attached hydrogens (tertiary/aromatic N) is 1. The molecule has 1 aromatic heterocycles. The zero-order valence-corrected chi connectivity index (χ0v) is 9.24. The van der Waals surface area contributed by atoms with Gasteiger partial charge in [-0.1, -0.05) is 12.1 Å². The smallest absolute Gasteiger partial charge is 0.411 e. The Morgan fingerprint density at radius 1 is 1.22 bits per heavy atom. The van der Waals surface area contributed by atoms with Crippen molar-refractivity contribution >= 4 is 10.9 Å². The summed E-state index contributed by atoms with van der Waals surface area (Å²) < 4.78 is 40.5. The fourth-order valence-corrected chi connectivity index (χ4v) is 1.62. The maximum Gasteiger partial charge on any atom is 0.411 e. The van der Waals surface area contributed by atoms with Crippen molar-refractivity contribution in [3.05, 3.63) is 36.0 Å². The number of aromatic nitrogens is 1. The third-order valence-electron chi connectivity index (χ3n) is 2.36. The van der Waals surface area contributed by atoms with E-state index in [0.717, 1.165) is 0 Å². The van der Waals surface area contributed by atoms with E-state index in [4.69, 9.17) is 0 Å². The SMILES string of the molecule is Oc1ccc(COCC(F)(F)F)c2cccnc12. The Hall–Kier alpha value is -1.82. The molecule has 2 rings (SSSR count). The molecule has 0 unspecified atom stereocenters. The lowest BCUT2D eigenvalue weighted by Gasteiger charge is -2.10. The van der Waals surface area contributed by atoms with Crippen LogP contribution in [0.1, 0.15) is 5.56 Å². The number of phenols is 1. The second kappa shape index (κ2) is 4.81. The molecule has 3 nitrogen and oxygen atoms in total. The highest BCUT2D eigenvalue weighted by Crippen LogP contribution is 2.26. The van der Waals surface area contributed by atoms with Crippen molar-refractivity contribution in [1.29, 1.82) is 0 Å². The van der Waals surface area contributed by atoms with Crippen molar-refractivity contribution in [3.63, 3.8) is 0 Å². The number of pyridine rings is 1. The molecular weight excluding hydrogens is 247 g/mol. The molecule has 2 aromatic rings. The largest absolute Gasteiger partial charge is 0.506 e. The van der Waals surface area contributed by atoms with Gasteiger partial charge in [0.05, 0.1) is 6.61 Å². The van der Waals surface area contributed by atoms with Gasteiger partial charge in [0, 0.05) is 11.6 Å². The summed E-state index contributed by atoms with van der Waals surface area (Å²) in [6.07, 6.45) is -2.84. The number of hydrogen-bond donors (Lipinski definition) is 1. The van der Waals surface area contributed by atoms with E-state index in [0.29, 0.717) is 16.5 Å². The summed E-state index contributed by atoms with van der Waals surface area (Å²) in [4.78, 5) is 3.97. The summed E-state index contributed by atoms with van der Waals surface area (Å²) in [5.74, 6) is -0.00910. The number of aromatic hydroxyl groups is 1. The first-order valence-corrected chi connectivity index (χ1v) is 5.17. The van der Waals surface area contributed by atoms with Crippen LogP contribution in [0.2, 0.25) is 0 Å². The second-order valence-corrected chi connectivity index (χ2v) is 3.75. The normalized spacial score (nSPS) is 11.9. The highest BCUT2D eigenvalue weighted by Gasteiger charge is 2.27. The molecular formula is C12H10F3NO2. The quantitative estimate of drug-likeness (QED) is 0.919. The van der Waals surface area contributed by atoms with E-state index in [1.807, 2.05) is 0 Å². The van der Waals surface area contributed by atoms with Crippen LogP contribution < -0.4 is 0 Å². The highest BCUT2D eigenvalue weighted by atomic mass is 19.4. The van der Waals surface area contributed by atoms with E-state index < -0.39 is 12.8 Å². The topological polar surface area (TPSA) is 42.4 Å². The van der Waals surface area contributed by atoms with Gasteiger partial charge in [-0.15, -0.1) is 0 Å². The summed E-state index contributed by atoms with van der Waals surface area (Å²) in [5, 5.41) is 10.2. The summed E-state index contributed by atoms with van der Waals surface area (Å²) >= 11 is 0. The Bertz CT molecular complexity index is 555. The van der Waals surface area contributed by atoms with Gasteiger partial charge >= 0.3 is 6.18 Å². The van der Waals surface area contributed by atoms with Crippen LogP contribution in [-0.2, 0) is 11.3 Å². The molecule has 18 heavy (non-hydrogen) atoms. The first-order chi connectivity index (χ1) is 8.47. The van der Waals surface area contributed by atoms with Crippen molar-refractivity contribution in [2.75, 3.05) is 6.61 Å². The van der Waals surface area contributed by atoms with E-state index in [-0.39, 0.29) is 12.4 Å². The standard InChI is InChI=1S/C12H10F3NO2/c13-12(14,15)7-18-6-8-3-4-10(17)11-9(8)2-1-5-16-11/h1-5,17H,6-7H2. The van der Waals surface area contributed by atoms with Crippen LogP contribution in [0.25, 0.3) is 10.9 Å². The van der Waals surface area contributed by atoms with Gasteiger partial charge in [-0.25, -0.2) is 0 Å². The Balaban J connectivity index is 2.21. The van der Waals surface area contributed by atoms with Crippen molar-refractivity contribution in [3.8, 4) is 5.75 Å². The Morgan fingerprint density at radius 2 is 2.00 bits per heavy atom. The summed E-state index contributed by atoms with van der Waals surface area (Å²) in [7, 11) is 0. The van der Waals surface area contributed by atoms with E-state index in [9.17, 15) is 18.3 Å².